The molecule has 0 heterocycles. The van der Waals surface area contributed by atoms with Gasteiger partial charge in [0.15, 0.2) is 0 Å². The van der Waals surface area contributed by atoms with Crippen LogP contribution in [0.4, 0.5) is 0 Å². The molecular formula is C9H12O3S. The molecule has 0 radical (unpaired) electrons. The van der Waals surface area contributed by atoms with E-state index in [9.17, 15) is 13.3 Å². The molecule has 1 aromatic carbocycles. The summed E-state index contributed by atoms with van der Waals surface area (Å²) in [6, 6.07) is 8.61. The summed E-state index contributed by atoms with van der Waals surface area (Å²) in [5.41, 5.74) is 0.601. The van der Waals surface area contributed by atoms with E-state index in [2.05, 4.69) is 6.58 Å². The first-order valence-corrected chi connectivity index (χ1v) is 5.84. The molecule has 0 saturated carbocycles. The lowest BCUT2D eigenvalue weighted by atomic mass is 10.2. The van der Waals surface area contributed by atoms with Crippen molar-refractivity contribution in [1.29, 1.82) is 0 Å². The van der Waals surface area contributed by atoms with E-state index in [4.69, 9.17) is 0 Å². The van der Waals surface area contributed by atoms with E-state index in [1.54, 1.807) is 30.3 Å². The zero-order valence-electron chi connectivity index (χ0n) is 7.09. The first-order valence-electron chi connectivity index (χ1n) is 3.73. The largest absolute Gasteiger partial charge is 0.304 e. The minimum absolute atomic E-state index is 0.304. The highest BCUT2D eigenvalue weighted by molar-refractivity contribution is 8.12. The Balaban J connectivity index is 2.94. The molecule has 0 atom stereocenters. The first-order chi connectivity index (χ1) is 5.91. The average Bonchev–Trinajstić information content (AvgIpc) is 2.05. The molecule has 0 fully saturated rings. The van der Waals surface area contributed by atoms with Gasteiger partial charge in [0.1, 0.15) is 9.63 Å². The molecule has 1 aromatic rings. The summed E-state index contributed by atoms with van der Waals surface area (Å²) in [5.74, 6) is -0.304. The predicted octanol–water partition coefficient (Wildman–Crippen LogP) is 2.10. The number of hydrogen-bond acceptors (Lipinski definition) is 1. The van der Waals surface area contributed by atoms with Crippen molar-refractivity contribution in [2.24, 2.45) is 0 Å². The van der Waals surface area contributed by atoms with Crippen molar-refractivity contribution < 1.29 is 13.3 Å². The van der Waals surface area contributed by atoms with Crippen LogP contribution < -0.4 is 0 Å². The second-order valence-electron chi connectivity index (χ2n) is 2.88. The van der Waals surface area contributed by atoms with Crippen molar-refractivity contribution in [2.75, 3.05) is 0 Å². The molecule has 0 amide bonds. The van der Waals surface area contributed by atoms with Gasteiger partial charge in [-0.2, -0.15) is 0 Å². The molecule has 0 spiro atoms. The Labute approximate surface area is 77.2 Å². The van der Waals surface area contributed by atoms with E-state index in [0.717, 1.165) is 0 Å². The number of rotatable bonds is 3. The van der Waals surface area contributed by atoms with Crippen molar-refractivity contribution >= 4 is 9.63 Å². The third-order valence-corrected chi connectivity index (χ3v) is 3.16. The van der Waals surface area contributed by atoms with Crippen LogP contribution in [0, 0.1) is 0 Å². The maximum absolute atomic E-state index is 11.3. The second-order valence-corrected chi connectivity index (χ2v) is 5.66. The Hall–Kier alpha value is -0.970. The lowest BCUT2D eigenvalue weighted by molar-refractivity contribution is 0.402. The Morgan fingerprint density at radius 3 is 2.31 bits per heavy atom. The molecule has 1 rings (SSSR count). The second kappa shape index (κ2) is 3.06. The molecule has 3 nitrogen and oxygen atoms in total. The van der Waals surface area contributed by atoms with Gasteiger partial charge in [-0.1, -0.05) is 36.9 Å². The van der Waals surface area contributed by atoms with Gasteiger partial charge in [-0.05, 0) is 5.56 Å². The summed E-state index contributed by atoms with van der Waals surface area (Å²) in [6.45, 7) is 3.14. The van der Waals surface area contributed by atoms with Crippen molar-refractivity contribution in [3.8, 4) is 0 Å². The summed E-state index contributed by atoms with van der Waals surface area (Å²) < 4.78 is 29.8. The minimum Gasteiger partial charge on any atom is -0.304 e. The van der Waals surface area contributed by atoms with Gasteiger partial charge < -0.3 is 9.11 Å². The van der Waals surface area contributed by atoms with Crippen LogP contribution in [0.5, 0.6) is 0 Å². The summed E-state index contributed by atoms with van der Waals surface area (Å²) in [5, 5.41) is 0.699. The molecule has 0 saturated heterocycles. The van der Waals surface area contributed by atoms with E-state index in [1.807, 2.05) is 0 Å². The minimum atomic E-state index is -4.63. The fraction of sp³-hybridized carbons (Fsp3) is 0.111. The molecule has 0 aliphatic heterocycles. The van der Waals surface area contributed by atoms with Crippen molar-refractivity contribution in [1.82, 2.24) is 0 Å². The summed E-state index contributed by atoms with van der Waals surface area (Å²) in [7, 11) is -4.63. The third kappa shape index (κ3) is 3.10. The van der Waals surface area contributed by atoms with Crippen molar-refractivity contribution in [3.05, 3.63) is 47.9 Å². The Morgan fingerprint density at radius 1 is 1.31 bits per heavy atom. The van der Waals surface area contributed by atoms with E-state index in [-0.39, 0.29) is 5.75 Å². The highest BCUT2D eigenvalue weighted by atomic mass is 32.3. The van der Waals surface area contributed by atoms with E-state index < -0.39 is 9.63 Å². The molecule has 2 N–H and O–H groups in total. The van der Waals surface area contributed by atoms with E-state index >= 15 is 0 Å². The van der Waals surface area contributed by atoms with Gasteiger partial charge in [0.2, 0.25) is 0 Å². The Kier molecular flexibility index (Phi) is 2.38. The zero-order valence-corrected chi connectivity index (χ0v) is 7.91. The Bertz CT molecular complexity index is 364. The van der Waals surface area contributed by atoms with Gasteiger partial charge in [0.25, 0.3) is 0 Å². The topological polar surface area (TPSA) is 57.5 Å². The summed E-state index contributed by atoms with van der Waals surface area (Å²) in [6.07, 6.45) is 0. The summed E-state index contributed by atoms with van der Waals surface area (Å²) in [4.78, 5) is 0. The van der Waals surface area contributed by atoms with Gasteiger partial charge in [-0.25, -0.2) is 4.21 Å². The first kappa shape index (κ1) is 10.1. The van der Waals surface area contributed by atoms with Crippen LogP contribution in [-0.2, 0) is 15.4 Å². The van der Waals surface area contributed by atoms with Crippen LogP contribution in [0.2, 0.25) is 0 Å². The zero-order chi connectivity index (χ0) is 9.97. The molecule has 0 unspecified atom stereocenters. The lowest BCUT2D eigenvalue weighted by Crippen LogP contribution is -2.29. The fourth-order valence-corrected chi connectivity index (χ4v) is 1.88. The molecule has 0 aromatic heterocycles. The van der Waals surface area contributed by atoms with Crippen molar-refractivity contribution in [3.63, 3.8) is 0 Å². The standard InChI is InChI=1S/C9H12O3S/c1-2-13(10,11,12)8-9-6-4-3-5-7-9/h2-7H,1,8H2,(H2,10,11,12). The molecule has 72 valence electrons. The van der Waals surface area contributed by atoms with Crippen LogP contribution >= 0.6 is 0 Å². The molecule has 0 aliphatic rings. The maximum Gasteiger partial charge on any atom is 0.106 e. The molecule has 0 bridgehead atoms. The van der Waals surface area contributed by atoms with Crippen LogP contribution in [0.1, 0.15) is 5.56 Å². The highest BCUT2D eigenvalue weighted by Crippen LogP contribution is 2.23. The monoisotopic (exact) mass is 200 g/mol. The van der Waals surface area contributed by atoms with Gasteiger partial charge in [0, 0.05) is 5.41 Å². The third-order valence-electron chi connectivity index (χ3n) is 1.62. The predicted molar refractivity (Wildman–Crippen MR) is 53.7 cm³/mol. The van der Waals surface area contributed by atoms with Gasteiger partial charge in [-0.3, -0.25) is 0 Å². The normalized spacial score (nSPS) is 14.5. The number of benzene rings is 1. The fourth-order valence-electron chi connectivity index (χ4n) is 0.946. The van der Waals surface area contributed by atoms with Crippen LogP contribution in [0.3, 0.4) is 0 Å². The van der Waals surface area contributed by atoms with Crippen molar-refractivity contribution in [2.45, 2.75) is 5.75 Å². The quantitative estimate of drug-likeness (QED) is 0.785. The highest BCUT2D eigenvalue weighted by Gasteiger charge is 2.25. The van der Waals surface area contributed by atoms with Crippen LogP contribution in [0.15, 0.2) is 42.3 Å². The smallest absolute Gasteiger partial charge is 0.106 e. The molecule has 4 heteroatoms. The average molecular weight is 200 g/mol. The van der Waals surface area contributed by atoms with E-state index in [0.29, 0.717) is 11.0 Å². The van der Waals surface area contributed by atoms with E-state index in [1.165, 1.54) is 0 Å². The molecular weight excluding hydrogens is 188 g/mol. The van der Waals surface area contributed by atoms with Crippen LogP contribution in [-0.4, -0.2) is 13.3 Å². The molecule has 0 aliphatic carbocycles. The Morgan fingerprint density at radius 2 is 1.85 bits per heavy atom. The molecule has 13 heavy (non-hydrogen) atoms. The SMILES string of the molecule is C=CS(=O)(O)(O)Cc1ccccc1. The summed E-state index contributed by atoms with van der Waals surface area (Å²) >= 11 is 0. The van der Waals surface area contributed by atoms with Gasteiger partial charge in [-0.15, -0.1) is 0 Å². The van der Waals surface area contributed by atoms with Gasteiger partial charge in [0.05, 0.1) is 5.75 Å². The number of hydrogen-bond donors (Lipinski definition) is 2. The maximum atomic E-state index is 11.3. The van der Waals surface area contributed by atoms with Crippen LogP contribution in [0.25, 0.3) is 0 Å². The van der Waals surface area contributed by atoms with Gasteiger partial charge >= 0.3 is 0 Å². The lowest BCUT2D eigenvalue weighted by Gasteiger charge is -2.26.